The van der Waals surface area contributed by atoms with Crippen molar-refractivity contribution < 1.29 is 14.3 Å². The summed E-state index contributed by atoms with van der Waals surface area (Å²) in [6.07, 6.45) is 2.77. The third-order valence-electron chi connectivity index (χ3n) is 6.44. The quantitative estimate of drug-likeness (QED) is 0.313. The molecule has 4 aromatic rings. The Kier molecular flexibility index (Phi) is 7.79. The Morgan fingerprint density at radius 1 is 0.806 bits per heavy atom. The molecule has 5 heteroatoms. The molecule has 0 spiro atoms. The molecular formula is C31H34N2O3. The predicted molar refractivity (Wildman–Crippen MR) is 145 cm³/mol. The van der Waals surface area contributed by atoms with Gasteiger partial charge in [0.1, 0.15) is 5.69 Å². The topological polar surface area (TPSA) is 52.5 Å². The molecule has 1 heterocycles. The lowest BCUT2D eigenvalue weighted by Crippen LogP contribution is -2.28. The number of benzene rings is 3. The van der Waals surface area contributed by atoms with Crippen LogP contribution in [0.3, 0.4) is 0 Å². The van der Waals surface area contributed by atoms with Crippen molar-refractivity contribution in [2.45, 2.75) is 33.7 Å². The largest absolute Gasteiger partial charge is 0.493 e. The molecule has 0 atom stereocenters. The van der Waals surface area contributed by atoms with Crippen LogP contribution in [0.25, 0.3) is 11.1 Å². The van der Waals surface area contributed by atoms with Gasteiger partial charge in [0.05, 0.1) is 14.2 Å². The molecule has 0 aliphatic rings. The van der Waals surface area contributed by atoms with Crippen molar-refractivity contribution >= 4 is 5.91 Å². The minimum Gasteiger partial charge on any atom is -0.493 e. The van der Waals surface area contributed by atoms with Gasteiger partial charge in [-0.05, 0) is 61.6 Å². The van der Waals surface area contributed by atoms with Gasteiger partial charge in [-0.15, -0.1) is 0 Å². The van der Waals surface area contributed by atoms with Crippen LogP contribution in [0.5, 0.6) is 11.5 Å². The molecule has 4 rings (SSSR count). The summed E-state index contributed by atoms with van der Waals surface area (Å²) >= 11 is 0. The predicted octanol–water partition coefficient (Wildman–Crippen LogP) is 6.12. The molecule has 3 aromatic carbocycles. The zero-order valence-electron chi connectivity index (χ0n) is 21.7. The first-order valence-electron chi connectivity index (χ1n) is 12.2. The number of rotatable bonds is 9. The highest BCUT2D eigenvalue weighted by Crippen LogP contribution is 2.31. The molecule has 1 aromatic heterocycles. The summed E-state index contributed by atoms with van der Waals surface area (Å²) in [7, 11) is 3.25. The molecule has 1 amide bonds. The van der Waals surface area contributed by atoms with Crippen molar-refractivity contribution in [2.24, 2.45) is 0 Å². The van der Waals surface area contributed by atoms with E-state index in [0.29, 0.717) is 36.7 Å². The second-order valence-electron chi connectivity index (χ2n) is 9.21. The molecule has 0 aliphatic carbocycles. The molecular weight excluding hydrogens is 448 g/mol. The van der Waals surface area contributed by atoms with Gasteiger partial charge in [-0.1, -0.05) is 65.7 Å². The van der Waals surface area contributed by atoms with Crippen molar-refractivity contribution in [3.63, 3.8) is 0 Å². The number of methoxy groups -OCH3 is 2. The van der Waals surface area contributed by atoms with E-state index in [1.54, 1.807) is 14.2 Å². The Morgan fingerprint density at radius 2 is 1.42 bits per heavy atom. The molecule has 0 unspecified atom stereocenters. The number of hydrogen-bond acceptors (Lipinski definition) is 3. The fourth-order valence-electron chi connectivity index (χ4n) is 4.48. The number of amides is 1. The maximum Gasteiger partial charge on any atom is 0.268 e. The van der Waals surface area contributed by atoms with E-state index in [4.69, 9.17) is 9.47 Å². The number of carbonyl (C=O) groups excluding carboxylic acids is 1. The third-order valence-corrected chi connectivity index (χ3v) is 6.44. The van der Waals surface area contributed by atoms with Crippen molar-refractivity contribution in [2.75, 3.05) is 20.8 Å². The van der Waals surface area contributed by atoms with Gasteiger partial charge in [0, 0.05) is 24.8 Å². The monoisotopic (exact) mass is 482 g/mol. The molecule has 186 valence electrons. The number of nitrogens with one attached hydrogen (secondary N) is 1. The van der Waals surface area contributed by atoms with E-state index >= 15 is 0 Å². The van der Waals surface area contributed by atoms with Crippen LogP contribution in [-0.2, 0) is 13.0 Å². The number of aromatic nitrogens is 1. The molecule has 1 N–H and O–H groups in total. The lowest BCUT2D eigenvalue weighted by Gasteiger charge is -2.14. The van der Waals surface area contributed by atoms with E-state index in [0.717, 1.165) is 27.8 Å². The van der Waals surface area contributed by atoms with Gasteiger partial charge in [-0.25, -0.2) is 0 Å². The van der Waals surface area contributed by atoms with Gasteiger partial charge >= 0.3 is 0 Å². The first kappa shape index (κ1) is 25.1. The number of hydrogen-bond donors (Lipinski definition) is 1. The molecule has 0 aliphatic heterocycles. The summed E-state index contributed by atoms with van der Waals surface area (Å²) in [6.45, 7) is 7.36. The Labute approximate surface area is 213 Å². The van der Waals surface area contributed by atoms with Crippen LogP contribution < -0.4 is 14.8 Å². The average Bonchev–Trinajstić information content (AvgIpc) is 3.21. The van der Waals surface area contributed by atoms with Gasteiger partial charge in [0.25, 0.3) is 5.91 Å². The minimum atomic E-state index is -0.0775. The Morgan fingerprint density at radius 3 is 2.06 bits per heavy atom. The molecule has 0 saturated heterocycles. The van der Waals surface area contributed by atoms with Crippen molar-refractivity contribution in [1.29, 1.82) is 0 Å². The lowest BCUT2D eigenvalue weighted by atomic mass is 10.0. The van der Waals surface area contributed by atoms with Crippen LogP contribution in [0, 0.1) is 20.8 Å². The number of ether oxygens (including phenoxy) is 2. The first-order chi connectivity index (χ1) is 17.4. The summed E-state index contributed by atoms with van der Waals surface area (Å²) < 4.78 is 12.8. The Bertz CT molecular complexity index is 1340. The zero-order valence-corrected chi connectivity index (χ0v) is 21.7. The maximum absolute atomic E-state index is 13.6. The average molecular weight is 483 g/mol. The summed E-state index contributed by atoms with van der Waals surface area (Å²) in [5.74, 6) is 1.30. The van der Waals surface area contributed by atoms with Crippen LogP contribution >= 0.6 is 0 Å². The van der Waals surface area contributed by atoms with Gasteiger partial charge in [0.15, 0.2) is 11.5 Å². The second-order valence-corrected chi connectivity index (χ2v) is 9.21. The van der Waals surface area contributed by atoms with Gasteiger partial charge in [-0.3, -0.25) is 4.79 Å². The highest BCUT2D eigenvalue weighted by atomic mass is 16.5. The van der Waals surface area contributed by atoms with Crippen molar-refractivity contribution in [3.8, 4) is 22.6 Å². The summed E-state index contributed by atoms with van der Waals surface area (Å²) in [4.78, 5) is 13.6. The lowest BCUT2D eigenvalue weighted by molar-refractivity contribution is 0.0946. The van der Waals surface area contributed by atoms with E-state index < -0.39 is 0 Å². The third kappa shape index (κ3) is 5.62. The molecule has 5 nitrogen and oxygen atoms in total. The second kappa shape index (κ2) is 11.2. The van der Waals surface area contributed by atoms with Crippen LogP contribution in [0.15, 0.2) is 72.9 Å². The van der Waals surface area contributed by atoms with Crippen LogP contribution in [0.2, 0.25) is 0 Å². The molecule has 0 bridgehead atoms. The van der Waals surface area contributed by atoms with Crippen molar-refractivity contribution in [1.82, 2.24) is 9.88 Å². The maximum atomic E-state index is 13.6. The van der Waals surface area contributed by atoms with E-state index in [1.807, 2.05) is 18.2 Å². The van der Waals surface area contributed by atoms with Crippen LogP contribution in [0.1, 0.15) is 38.3 Å². The Balaban J connectivity index is 1.60. The molecule has 0 radical (unpaired) electrons. The first-order valence-corrected chi connectivity index (χ1v) is 12.2. The van der Waals surface area contributed by atoms with Gasteiger partial charge < -0.3 is 19.4 Å². The highest BCUT2D eigenvalue weighted by molar-refractivity contribution is 6.00. The summed E-state index contributed by atoms with van der Waals surface area (Å²) in [5.41, 5.74) is 8.42. The molecule has 0 saturated carbocycles. The number of aryl methyl sites for hydroxylation is 3. The smallest absolute Gasteiger partial charge is 0.268 e. The summed E-state index contributed by atoms with van der Waals surface area (Å²) in [5, 5.41) is 3.15. The van der Waals surface area contributed by atoms with Crippen LogP contribution in [0.4, 0.5) is 0 Å². The van der Waals surface area contributed by atoms with Gasteiger partial charge in [0.2, 0.25) is 0 Å². The highest BCUT2D eigenvalue weighted by Gasteiger charge is 2.21. The zero-order chi connectivity index (χ0) is 25.7. The number of carbonyl (C=O) groups is 1. The number of nitrogens with zero attached hydrogens (tertiary/aromatic N) is 1. The Hall–Kier alpha value is -3.99. The van der Waals surface area contributed by atoms with E-state index in [2.05, 4.69) is 85.4 Å². The fraction of sp³-hybridized carbons (Fsp3) is 0.258. The van der Waals surface area contributed by atoms with E-state index in [9.17, 15) is 4.79 Å². The summed E-state index contributed by atoms with van der Waals surface area (Å²) in [6, 6.07) is 22.6. The molecule has 36 heavy (non-hydrogen) atoms. The standard InChI is InChI=1S/C31H34N2O3/c1-21-6-10-25(11-7-21)20-33-19-23(3)29(26-13-8-22(2)9-14-26)30(33)31(34)32-17-16-24-12-15-27(35-4)28(18-24)36-5/h6-15,18-19H,16-17,20H2,1-5H3,(H,32,34). The fourth-order valence-corrected chi connectivity index (χ4v) is 4.48. The SMILES string of the molecule is COc1ccc(CCNC(=O)c2c(-c3ccc(C)cc3)c(C)cn2Cc2ccc(C)cc2)cc1OC. The van der Waals surface area contributed by atoms with Crippen LogP contribution in [-0.4, -0.2) is 31.2 Å². The van der Waals surface area contributed by atoms with E-state index in [-0.39, 0.29) is 5.91 Å². The van der Waals surface area contributed by atoms with Crippen molar-refractivity contribution in [3.05, 3.63) is 106 Å². The molecule has 0 fully saturated rings. The minimum absolute atomic E-state index is 0.0775. The van der Waals surface area contributed by atoms with E-state index in [1.165, 1.54) is 11.1 Å². The normalized spacial score (nSPS) is 10.8. The van der Waals surface area contributed by atoms with Gasteiger partial charge in [-0.2, -0.15) is 0 Å².